The highest BCUT2D eigenvalue weighted by Crippen LogP contribution is 2.24. The van der Waals surface area contributed by atoms with E-state index in [1.165, 1.54) is 12.3 Å². The Balaban J connectivity index is 2.05. The molecule has 1 heterocycles. The first kappa shape index (κ1) is 13.5. The molecule has 2 aromatic carbocycles. The number of sulfonamides is 1. The Morgan fingerprint density at radius 1 is 1.10 bits per heavy atom. The van der Waals surface area contributed by atoms with Gasteiger partial charge >= 0.3 is 0 Å². The van der Waals surface area contributed by atoms with E-state index >= 15 is 0 Å². The maximum Gasteiger partial charge on any atom is 0.262 e. The number of benzene rings is 2. The summed E-state index contributed by atoms with van der Waals surface area (Å²) in [4.78, 5) is -0.486. The molecule has 3 aromatic rings. The van der Waals surface area contributed by atoms with E-state index in [2.05, 4.69) is 14.9 Å². The van der Waals surface area contributed by atoms with Crippen molar-refractivity contribution in [1.29, 1.82) is 0 Å². The van der Waals surface area contributed by atoms with Gasteiger partial charge in [-0.1, -0.05) is 6.07 Å². The zero-order chi connectivity index (χ0) is 15.0. The summed E-state index contributed by atoms with van der Waals surface area (Å²) >= 11 is 0. The maximum absolute atomic E-state index is 13.2. The van der Waals surface area contributed by atoms with Gasteiger partial charge in [0.25, 0.3) is 10.0 Å². The number of rotatable bonds is 3. The van der Waals surface area contributed by atoms with Crippen molar-refractivity contribution in [3.05, 3.63) is 54.2 Å². The lowest BCUT2D eigenvalue weighted by atomic mass is 10.2. The molecule has 0 saturated heterocycles. The average molecular weight is 309 g/mol. The minimum absolute atomic E-state index is 0.269. The fourth-order valence-corrected chi connectivity index (χ4v) is 3.07. The highest BCUT2D eigenvalue weighted by Gasteiger charge is 2.18. The second-order valence-corrected chi connectivity index (χ2v) is 6.03. The molecular weight excluding hydrogens is 300 g/mol. The summed E-state index contributed by atoms with van der Waals surface area (Å²) in [6.07, 6.45) is 1.46. The van der Waals surface area contributed by atoms with E-state index in [1.54, 1.807) is 12.1 Å². The molecule has 0 radical (unpaired) electrons. The van der Waals surface area contributed by atoms with E-state index in [9.17, 15) is 17.2 Å². The zero-order valence-electron chi connectivity index (χ0n) is 10.5. The number of halogens is 2. The van der Waals surface area contributed by atoms with Crippen LogP contribution in [0.5, 0.6) is 0 Å². The van der Waals surface area contributed by atoms with E-state index < -0.39 is 26.6 Å². The van der Waals surface area contributed by atoms with E-state index in [0.717, 1.165) is 12.1 Å². The monoisotopic (exact) mass is 309 g/mol. The van der Waals surface area contributed by atoms with Crippen molar-refractivity contribution in [3.8, 4) is 0 Å². The van der Waals surface area contributed by atoms with Gasteiger partial charge in [-0.3, -0.25) is 9.82 Å². The molecule has 5 nitrogen and oxygen atoms in total. The molecule has 21 heavy (non-hydrogen) atoms. The van der Waals surface area contributed by atoms with Gasteiger partial charge in [0.15, 0.2) is 0 Å². The molecule has 0 amide bonds. The second-order valence-electron chi connectivity index (χ2n) is 4.35. The molecular formula is C13H9F2N3O2S. The first-order valence-corrected chi connectivity index (χ1v) is 7.35. The molecule has 0 saturated carbocycles. The van der Waals surface area contributed by atoms with Gasteiger partial charge in [-0.25, -0.2) is 17.2 Å². The summed E-state index contributed by atoms with van der Waals surface area (Å²) in [5.74, 6) is -1.92. The summed E-state index contributed by atoms with van der Waals surface area (Å²) in [6, 6.07) is 7.00. The van der Waals surface area contributed by atoms with Crippen molar-refractivity contribution in [3.63, 3.8) is 0 Å². The molecule has 8 heteroatoms. The topological polar surface area (TPSA) is 74.8 Å². The molecule has 0 atom stereocenters. The van der Waals surface area contributed by atoms with Gasteiger partial charge in [-0.05, 0) is 24.3 Å². The molecule has 0 bridgehead atoms. The quantitative estimate of drug-likeness (QED) is 0.781. The molecule has 0 aliphatic carbocycles. The van der Waals surface area contributed by atoms with Crippen molar-refractivity contribution < 1.29 is 17.2 Å². The first-order valence-electron chi connectivity index (χ1n) is 5.87. The van der Waals surface area contributed by atoms with Crippen LogP contribution in [0.25, 0.3) is 10.9 Å². The zero-order valence-corrected chi connectivity index (χ0v) is 11.3. The lowest BCUT2D eigenvalue weighted by Gasteiger charge is -2.09. The largest absolute Gasteiger partial charge is 0.279 e. The van der Waals surface area contributed by atoms with E-state index in [4.69, 9.17) is 0 Å². The van der Waals surface area contributed by atoms with Gasteiger partial charge in [0.1, 0.15) is 11.6 Å². The Morgan fingerprint density at radius 2 is 1.81 bits per heavy atom. The predicted octanol–water partition coefficient (Wildman–Crippen LogP) is 2.64. The number of aromatic nitrogens is 2. The van der Waals surface area contributed by atoms with Crippen molar-refractivity contribution >= 4 is 26.6 Å². The Bertz CT molecular complexity index is 902. The van der Waals surface area contributed by atoms with Gasteiger partial charge in [-0.15, -0.1) is 0 Å². The number of fused-ring (bicyclic) bond motifs is 1. The second kappa shape index (κ2) is 4.81. The van der Waals surface area contributed by atoms with E-state index in [-0.39, 0.29) is 5.69 Å². The number of hydrogen-bond acceptors (Lipinski definition) is 3. The minimum atomic E-state index is -4.10. The average Bonchev–Trinajstić information content (AvgIpc) is 2.86. The molecule has 0 unspecified atom stereocenters. The molecule has 0 spiro atoms. The summed E-state index contributed by atoms with van der Waals surface area (Å²) in [5, 5.41) is 7.07. The van der Waals surface area contributed by atoms with Crippen LogP contribution < -0.4 is 4.72 Å². The van der Waals surface area contributed by atoms with Crippen molar-refractivity contribution in [2.75, 3.05) is 4.72 Å². The van der Waals surface area contributed by atoms with Crippen molar-refractivity contribution in [1.82, 2.24) is 10.2 Å². The number of hydrogen-bond donors (Lipinski definition) is 2. The Morgan fingerprint density at radius 3 is 2.52 bits per heavy atom. The van der Waals surface area contributed by atoms with Crippen molar-refractivity contribution in [2.45, 2.75) is 4.90 Å². The van der Waals surface area contributed by atoms with Crippen LogP contribution in [0, 0.1) is 11.6 Å². The highest BCUT2D eigenvalue weighted by atomic mass is 32.2. The molecule has 108 valence electrons. The summed E-state index contributed by atoms with van der Waals surface area (Å²) < 4.78 is 53.0. The first-order chi connectivity index (χ1) is 9.95. The summed E-state index contributed by atoms with van der Waals surface area (Å²) in [7, 11) is -4.10. The van der Waals surface area contributed by atoms with Gasteiger partial charge in [0, 0.05) is 11.5 Å². The fourth-order valence-electron chi connectivity index (χ4n) is 1.94. The fraction of sp³-hybridized carbons (Fsp3) is 0. The van der Waals surface area contributed by atoms with Gasteiger partial charge < -0.3 is 0 Å². The third-order valence-corrected chi connectivity index (χ3v) is 4.22. The van der Waals surface area contributed by atoms with Gasteiger partial charge in [0.2, 0.25) is 0 Å². The van der Waals surface area contributed by atoms with Crippen LogP contribution >= 0.6 is 0 Å². The Hall–Kier alpha value is -2.48. The molecule has 2 N–H and O–H groups in total. The standard InChI is InChI=1S/C13H9F2N3O2S/c14-8-4-9(15)6-10(5-8)21(19,20)18-13-3-1-2-12-11(13)7-16-17-12/h1-7,18H,(H,16,17). The van der Waals surface area contributed by atoms with Crippen LogP contribution in [0.2, 0.25) is 0 Å². The van der Waals surface area contributed by atoms with Gasteiger partial charge in [0.05, 0.1) is 22.3 Å². The van der Waals surface area contributed by atoms with E-state index in [1.807, 2.05) is 0 Å². The Labute approximate surface area is 118 Å². The number of nitrogens with one attached hydrogen (secondary N) is 2. The van der Waals surface area contributed by atoms with Crippen LogP contribution in [0.3, 0.4) is 0 Å². The number of aromatic amines is 1. The molecule has 0 aliphatic rings. The third kappa shape index (κ3) is 2.57. The van der Waals surface area contributed by atoms with Crippen LogP contribution in [0.1, 0.15) is 0 Å². The van der Waals surface area contributed by atoms with E-state index in [0.29, 0.717) is 17.0 Å². The summed E-state index contributed by atoms with van der Waals surface area (Å²) in [5.41, 5.74) is 0.909. The Kier molecular flexibility index (Phi) is 3.09. The summed E-state index contributed by atoms with van der Waals surface area (Å²) in [6.45, 7) is 0. The third-order valence-electron chi connectivity index (χ3n) is 2.88. The lowest BCUT2D eigenvalue weighted by Crippen LogP contribution is -2.13. The molecule has 0 fully saturated rings. The number of nitrogens with zero attached hydrogens (tertiary/aromatic N) is 1. The van der Waals surface area contributed by atoms with Crippen LogP contribution in [0.4, 0.5) is 14.5 Å². The molecule has 0 aliphatic heterocycles. The lowest BCUT2D eigenvalue weighted by molar-refractivity contribution is 0.568. The normalized spacial score (nSPS) is 11.7. The molecule has 1 aromatic heterocycles. The smallest absolute Gasteiger partial charge is 0.262 e. The van der Waals surface area contributed by atoms with Crippen LogP contribution in [-0.4, -0.2) is 18.6 Å². The maximum atomic E-state index is 13.2. The van der Waals surface area contributed by atoms with Crippen LogP contribution in [0.15, 0.2) is 47.5 Å². The number of H-pyrrole nitrogens is 1. The van der Waals surface area contributed by atoms with Gasteiger partial charge in [-0.2, -0.15) is 5.10 Å². The molecule has 3 rings (SSSR count). The van der Waals surface area contributed by atoms with Crippen LogP contribution in [-0.2, 0) is 10.0 Å². The minimum Gasteiger partial charge on any atom is -0.279 e. The predicted molar refractivity (Wildman–Crippen MR) is 73.3 cm³/mol. The van der Waals surface area contributed by atoms with Crippen molar-refractivity contribution in [2.24, 2.45) is 0 Å². The number of anilines is 1. The SMILES string of the molecule is O=S(=O)(Nc1cccc2[nH]ncc12)c1cc(F)cc(F)c1. The highest BCUT2D eigenvalue weighted by molar-refractivity contribution is 7.92.